The van der Waals surface area contributed by atoms with Crippen molar-refractivity contribution in [2.75, 3.05) is 32.7 Å². The van der Waals surface area contributed by atoms with Gasteiger partial charge >= 0.3 is 0 Å². The second-order valence-electron chi connectivity index (χ2n) is 9.78. The molecule has 0 spiro atoms. The minimum atomic E-state index is -0.123. The van der Waals surface area contributed by atoms with Gasteiger partial charge in [-0.3, -0.25) is 9.59 Å². The van der Waals surface area contributed by atoms with Crippen molar-refractivity contribution in [1.82, 2.24) is 16.0 Å². The molecular formula is C28H58N4O2. The Kier molecular flexibility index (Phi) is 27.2. The van der Waals surface area contributed by atoms with E-state index in [4.69, 9.17) is 5.73 Å². The van der Waals surface area contributed by atoms with Crippen molar-refractivity contribution in [1.29, 1.82) is 0 Å². The first-order valence-corrected chi connectivity index (χ1v) is 14.6. The molecule has 0 aliphatic carbocycles. The maximum absolute atomic E-state index is 11.8. The molecule has 0 aromatic rings. The molecule has 0 radical (unpaired) electrons. The number of amides is 2. The van der Waals surface area contributed by atoms with Crippen molar-refractivity contribution in [2.24, 2.45) is 5.73 Å². The van der Waals surface area contributed by atoms with Crippen LogP contribution in [0.25, 0.3) is 0 Å². The van der Waals surface area contributed by atoms with Crippen molar-refractivity contribution in [2.45, 2.75) is 135 Å². The van der Waals surface area contributed by atoms with E-state index in [9.17, 15) is 9.59 Å². The van der Waals surface area contributed by atoms with Crippen molar-refractivity contribution in [3.63, 3.8) is 0 Å². The van der Waals surface area contributed by atoms with Crippen LogP contribution in [-0.4, -0.2) is 44.5 Å². The minimum Gasteiger partial charge on any atom is -0.355 e. The highest BCUT2D eigenvalue weighted by molar-refractivity contribution is 5.84. The van der Waals surface area contributed by atoms with Crippen LogP contribution < -0.4 is 21.7 Å². The summed E-state index contributed by atoms with van der Waals surface area (Å²) in [6, 6.07) is 0. The Morgan fingerprint density at radius 1 is 0.529 bits per heavy atom. The fourth-order valence-electron chi connectivity index (χ4n) is 4.13. The summed E-state index contributed by atoms with van der Waals surface area (Å²) < 4.78 is 0. The van der Waals surface area contributed by atoms with Crippen LogP contribution in [-0.2, 0) is 9.59 Å². The highest BCUT2D eigenvalue weighted by Gasteiger charge is 2.04. The number of nitrogens with two attached hydrogens (primary N) is 1. The molecule has 0 fully saturated rings. The first kappa shape index (κ1) is 32.9. The smallest absolute Gasteiger partial charge is 0.239 e. The number of rotatable bonds is 27. The number of nitrogens with one attached hydrogen (secondary N) is 3. The van der Waals surface area contributed by atoms with Gasteiger partial charge in [0.1, 0.15) is 0 Å². The summed E-state index contributed by atoms with van der Waals surface area (Å²) in [5.74, 6) is -0.194. The van der Waals surface area contributed by atoms with Gasteiger partial charge in [0, 0.05) is 19.5 Å². The Hall–Kier alpha value is -1.14. The molecule has 5 N–H and O–H groups in total. The molecule has 0 heterocycles. The van der Waals surface area contributed by atoms with Crippen molar-refractivity contribution >= 4 is 11.8 Å². The van der Waals surface area contributed by atoms with Gasteiger partial charge in [-0.05, 0) is 32.4 Å². The van der Waals surface area contributed by atoms with E-state index in [-0.39, 0.29) is 18.4 Å². The Labute approximate surface area is 211 Å². The van der Waals surface area contributed by atoms with E-state index in [0.29, 0.717) is 26.1 Å². The lowest BCUT2D eigenvalue weighted by molar-refractivity contribution is -0.126. The summed E-state index contributed by atoms with van der Waals surface area (Å²) in [5.41, 5.74) is 5.44. The van der Waals surface area contributed by atoms with E-state index in [1.165, 1.54) is 103 Å². The fourth-order valence-corrected chi connectivity index (χ4v) is 4.13. The molecule has 2 amide bonds. The topological polar surface area (TPSA) is 96.2 Å². The summed E-state index contributed by atoms with van der Waals surface area (Å²) in [4.78, 5) is 23.5. The van der Waals surface area contributed by atoms with Crippen LogP contribution in [0.1, 0.15) is 135 Å². The van der Waals surface area contributed by atoms with Gasteiger partial charge in [-0.15, -0.1) is 0 Å². The third-order valence-corrected chi connectivity index (χ3v) is 6.39. The standard InChI is InChI=1S/C28H58N4O2/c1-2-3-4-5-6-7-8-9-10-11-12-13-14-15-16-19-23-30-25-21-27(33)32-26-28(34)31-24-20-17-18-22-29/h30H,2-26,29H2,1H3,(H,31,34)(H,32,33). The zero-order valence-corrected chi connectivity index (χ0v) is 22.6. The molecule has 0 saturated carbocycles. The molecule has 0 aliphatic heterocycles. The molecular weight excluding hydrogens is 424 g/mol. The van der Waals surface area contributed by atoms with Gasteiger partial charge in [0.15, 0.2) is 0 Å². The van der Waals surface area contributed by atoms with Crippen LogP contribution >= 0.6 is 0 Å². The molecule has 0 atom stereocenters. The van der Waals surface area contributed by atoms with E-state index < -0.39 is 0 Å². The third kappa shape index (κ3) is 27.1. The number of hydrogen-bond acceptors (Lipinski definition) is 4. The van der Waals surface area contributed by atoms with Crippen LogP contribution in [0.5, 0.6) is 0 Å². The quantitative estimate of drug-likeness (QED) is 0.115. The monoisotopic (exact) mass is 482 g/mol. The summed E-state index contributed by atoms with van der Waals surface area (Å²) in [6.07, 6.45) is 25.5. The summed E-state index contributed by atoms with van der Waals surface area (Å²) in [7, 11) is 0. The highest BCUT2D eigenvalue weighted by atomic mass is 16.2. The lowest BCUT2D eigenvalue weighted by atomic mass is 10.0. The van der Waals surface area contributed by atoms with Crippen LogP contribution in [0.4, 0.5) is 0 Å². The molecule has 0 unspecified atom stereocenters. The summed E-state index contributed by atoms with van der Waals surface area (Å²) in [6.45, 7) is 5.32. The molecule has 0 saturated heterocycles. The second kappa shape index (κ2) is 28.1. The first-order valence-electron chi connectivity index (χ1n) is 14.6. The maximum Gasteiger partial charge on any atom is 0.239 e. The predicted octanol–water partition coefficient (Wildman–Crippen LogP) is 5.59. The van der Waals surface area contributed by atoms with Gasteiger partial charge in [0.25, 0.3) is 0 Å². The van der Waals surface area contributed by atoms with Crippen molar-refractivity contribution < 1.29 is 9.59 Å². The molecule has 0 bridgehead atoms. The van der Waals surface area contributed by atoms with E-state index in [0.717, 1.165) is 25.8 Å². The molecule has 202 valence electrons. The third-order valence-electron chi connectivity index (χ3n) is 6.39. The van der Waals surface area contributed by atoms with Gasteiger partial charge in [0.05, 0.1) is 6.54 Å². The zero-order chi connectivity index (χ0) is 25.0. The average Bonchev–Trinajstić information content (AvgIpc) is 2.84. The van der Waals surface area contributed by atoms with Crippen LogP contribution in [0.15, 0.2) is 0 Å². The van der Waals surface area contributed by atoms with Gasteiger partial charge in [-0.1, -0.05) is 110 Å². The molecule has 6 heteroatoms. The fraction of sp³-hybridized carbons (Fsp3) is 0.929. The second-order valence-corrected chi connectivity index (χ2v) is 9.78. The van der Waals surface area contributed by atoms with Crippen LogP contribution in [0, 0.1) is 0 Å². The van der Waals surface area contributed by atoms with Gasteiger partial charge in [-0.2, -0.15) is 0 Å². The summed E-state index contributed by atoms with van der Waals surface area (Å²) in [5, 5.41) is 8.83. The Balaban J connectivity index is 3.21. The highest BCUT2D eigenvalue weighted by Crippen LogP contribution is 2.13. The van der Waals surface area contributed by atoms with Crippen molar-refractivity contribution in [3.05, 3.63) is 0 Å². The Morgan fingerprint density at radius 3 is 1.53 bits per heavy atom. The molecule has 0 aromatic heterocycles. The normalized spacial score (nSPS) is 11.0. The Bertz CT molecular complexity index is 446. The molecule has 34 heavy (non-hydrogen) atoms. The van der Waals surface area contributed by atoms with Gasteiger partial charge < -0.3 is 21.7 Å². The first-order chi connectivity index (χ1) is 16.7. The lowest BCUT2D eigenvalue weighted by Gasteiger charge is -2.08. The maximum atomic E-state index is 11.8. The molecule has 0 aliphatic rings. The molecule has 0 rings (SSSR count). The van der Waals surface area contributed by atoms with E-state index in [2.05, 4.69) is 22.9 Å². The number of unbranched alkanes of at least 4 members (excludes halogenated alkanes) is 17. The zero-order valence-electron chi connectivity index (χ0n) is 22.6. The van der Waals surface area contributed by atoms with E-state index >= 15 is 0 Å². The SMILES string of the molecule is CCCCCCCCCCCCCCCCCCNCCC(=O)NCC(=O)NCCCCCN. The number of carbonyl (C=O) groups is 2. The molecule has 0 aromatic carbocycles. The van der Waals surface area contributed by atoms with Crippen LogP contribution in [0.2, 0.25) is 0 Å². The van der Waals surface area contributed by atoms with Gasteiger partial charge in [-0.25, -0.2) is 0 Å². The molecule has 6 nitrogen and oxygen atoms in total. The summed E-state index contributed by atoms with van der Waals surface area (Å²) >= 11 is 0. The van der Waals surface area contributed by atoms with E-state index in [1.807, 2.05) is 0 Å². The van der Waals surface area contributed by atoms with Crippen LogP contribution in [0.3, 0.4) is 0 Å². The minimum absolute atomic E-state index is 0.0643. The predicted molar refractivity (Wildman–Crippen MR) is 146 cm³/mol. The largest absolute Gasteiger partial charge is 0.355 e. The van der Waals surface area contributed by atoms with Crippen molar-refractivity contribution in [3.8, 4) is 0 Å². The Morgan fingerprint density at radius 2 is 1.00 bits per heavy atom. The number of hydrogen-bond donors (Lipinski definition) is 4. The van der Waals surface area contributed by atoms with Gasteiger partial charge in [0.2, 0.25) is 11.8 Å². The lowest BCUT2D eigenvalue weighted by Crippen LogP contribution is -2.38. The average molecular weight is 483 g/mol. The number of carbonyl (C=O) groups excluding carboxylic acids is 2. The van der Waals surface area contributed by atoms with E-state index in [1.54, 1.807) is 0 Å².